The average Bonchev–Trinajstić information content (AvgIpc) is 2.59. The van der Waals surface area contributed by atoms with Crippen molar-refractivity contribution in [2.75, 3.05) is 0 Å². The molecule has 0 aromatic heterocycles. The number of hydrogen-bond acceptors (Lipinski definition) is 3. The molecule has 0 bridgehead atoms. The van der Waals surface area contributed by atoms with Crippen LogP contribution in [0.25, 0.3) is 0 Å². The van der Waals surface area contributed by atoms with Crippen LogP contribution in [-0.4, -0.2) is 12.0 Å². The van der Waals surface area contributed by atoms with Crippen molar-refractivity contribution in [2.24, 2.45) is 5.18 Å². The number of rotatable bonds is 1. The Labute approximate surface area is 84.8 Å². The average molecular weight is 212 g/mol. The van der Waals surface area contributed by atoms with Gasteiger partial charge in [-0.1, -0.05) is 11.6 Å². The first-order chi connectivity index (χ1) is 6.70. The fourth-order valence-corrected chi connectivity index (χ4v) is 1.61. The molecule has 2 rings (SSSR count). The summed E-state index contributed by atoms with van der Waals surface area (Å²) in [4.78, 5) is 20.9. The summed E-state index contributed by atoms with van der Waals surface area (Å²) >= 11 is 5.76. The maximum atomic E-state index is 10.9. The van der Waals surface area contributed by atoms with Crippen LogP contribution in [0.4, 0.5) is 0 Å². The lowest BCUT2D eigenvalue weighted by Crippen LogP contribution is -2.22. The van der Waals surface area contributed by atoms with E-state index in [1.165, 1.54) is 0 Å². The maximum absolute atomic E-state index is 10.9. The highest BCUT2D eigenvalue weighted by molar-refractivity contribution is 6.30. The Bertz CT molecular complexity index is 405. The van der Waals surface area contributed by atoms with Crippen LogP contribution in [-0.2, 0) is 11.2 Å². The van der Waals surface area contributed by atoms with Crippen LogP contribution in [0.3, 0.4) is 0 Å². The molecule has 1 heterocycles. The zero-order valence-corrected chi connectivity index (χ0v) is 7.82. The molecule has 1 unspecified atom stereocenters. The van der Waals surface area contributed by atoms with E-state index in [1.54, 1.807) is 18.2 Å². The van der Waals surface area contributed by atoms with Gasteiger partial charge in [0, 0.05) is 16.6 Å². The van der Waals surface area contributed by atoms with E-state index in [0.717, 1.165) is 5.56 Å². The Morgan fingerprint density at radius 1 is 1.57 bits per heavy atom. The van der Waals surface area contributed by atoms with Gasteiger partial charge >= 0.3 is 5.91 Å². The minimum Gasteiger partial charge on any atom is -0.480 e. The van der Waals surface area contributed by atoms with Crippen molar-refractivity contribution < 1.29 is 9.53 Å². The van der Waals surface area contributed by atoms with Crippen molar-refractivity contribution in [3.8, 4) is 5.75 Å². The van der Waals surface area contributed by atoms with Crippen LogP contribution >= 0.6 is 11.6 Å². The summed E-state index contributed by atoms with van der Waals surface area (Å²) in [6, 6.07) is 5.06. The van der Waals surface area contributed by atoms with Gasteiger partial charge in [0.05, 0.1) is 0 Å². The minimum atomic E-state index is -0.780. The molecule has 0 saturated heterocycles. The van der Waals surface area contributed by atoms with E-state index in [9.17, 15) is 9.70 Å². The number of halogens is 1. The molecule has 1 aromatic carbocycles. The fourth-order valence-electron chi connectivity index (χ4n) is 1.41. The standard InChI is InChI=1S/C9H6ClNO3/c10-6-1-2-7-5(3-6)4-8(14-7)9(12)11-13/h1-3,8H,4H2. The van der Waals surface area contributed by atoms with E-state index in [2.05, 4.69) is 5.18 Å². The van der Waals surface area contributed by atoms with Gasteiger partial charge in [-0.05, 0) is 23.8 Å². The number of carbonyl (C=O) groups is 1. The molecule has 1 aliphatic heterocycles. The maximum Gasteiger partial charge on any atom is 0.326 e. The molecule has 0 saturated carbocycles. The Kier molecular flexibility index (Phi) is 2.21. The number of nitrogens with zero attached hydrogens (tertiary/aromatic N) is 1. The second-order valence-corrected chi connectivity index (χ2v) is 3.43. The molecule has 5 heteroatoms. The number of carbonyl (C=O) groups excluding carboxylic acids is 1. The van der Waals surface area contributed by atoms with Gasteiger partial charge in [-0.15, -0.1) is 4.91 Å². The van der Waals surface area contributed by atoms with Crippen LogP contribution in [0.2, 0.25) is 5.02 Å². The first-order valence-corrected chi connectivity index (χ1v) is 4.41. The lowest BCUT2D eigenvalue weighted by molar-refractivity contribution is -0.123. The number of ether oxygens (including phenoxy) is 1. The third-order valence-corrected chi connectivity index (χ3v) is 2.30. The fraction of sp³-hybridized carbons (Fsp3) is 0.222. The number of amides is 1. The van der Waals surface area contributed by atoms with E-state index < -0.39 is 12.0 Å². The second-order valence-electron chi connectivity index (χ2n) is 2.99. The summed E-state index contributed by atoms with van der Waals surface area (Å²) in [5.74, 6) is -0.186. The van der Waals surface area contributed by atoms with Gasteiger partial charge in [0.2, 0.25) is 0 Å². The molecule has 1 aliphatic rings. The molecule has 0 aliphatic carbocycles. The molecule has 1 aromatic rings. The summed E-state index contributed by atoms with van der Waals surface area (Å²) in [6.45, 7) is 0. The summed E-state index contributed by atoms with van der Waals surface area (Å²) in [6.07, 6.45) is -0.415. The predicted molar refractivity (Wildman–Crippen MR) is 50.4 cm³/mol. The smallest absolute Gasteiger partial charge is 0.326 e. The quantitative estimate of drug-likeness (QED) is 0.667. The summed E-state index contributed by atoms with van der Waals surface area (Å²) < 4.78 is 5.21. The molecule has 14 heavy (non-hydrogen) atoms. The van der Waals surface area contributed by atoms with Gasteiger partial charge in [-0.25, -0.2) is 0 Å². The van der Waals surface area contributed by atoms with Crippen LogP contribution in [0.1, 0.15) is 5.56 Å². The Balaban J connectivity index is 2.26. The summed E-state index contributed by atoms with van der Waals surface area (Å²) in [5, 5.41) is 2.91. The SMILES string of the molecule is O=NC(=O)C1Cc2cc(Cl)ccc2O1. The predicted octanol–water partition coefficient (Wildman–Crippen LogP) is 1.94. The number of benzene rings is 1. The third-order valence-electron chi connectivity index (χ3n) is 2.06. The second kappa shape index (κ2) is 3.38. The molecule has 1 amide bonds. The molecule has 72 valence electrons. The van der Waals surface area contributed by atoms with Gasteiger partial charge in [0.25, 0.3) is 0 Å². The molecular weight excluding hydrogens is 206 g/mol. The van der Waals surface area contributed by atoms with Crippen molar-refractivity contribution in [3.63, 3.8) is 0 Å². The molecule has 0 radical (unpaired) electrons. The van der Waals surface area contributed by atoms with E-state index in [1.807, 2.05) is 0 Å². The highest BCUT2D eigenvalue weighted by Gasteiger charge is 2.29. The van der Waals surface area contributed by atoms with Crippen molar-refractivity contribution >= 4 is 17.5 Å². The van der Waals surface area contributed by atoms with Crippen LogP contribution in [0.15, 0.2) is 23.4 Å². The zero-order valence-electron chi connectivity index (χ0n) is 7.07. The molecule has 0 N–H and O–H groups in total. The Morgan fingerprint density at radius 2 is 2.36 bits per heavy atom. The molecule has 0 fully saturated rings. The summed E-state index contributed by atoms with van der Waals surface area (Å²) in [7, 11) is 0. The number of nitroso groups, excluding NO2 is 1. The van der Waals surface area contributed by atoms with Crippen molar-refractivity contribution in [1.82, 2.24) is 0 Å². The monoisotopic (exact) mass is 211 g/mol. The van der Waals surface area contributed by atoms with E-state index in [-0.39, 0.29) is 0 Å². The first-order valence-electron chi connectivity index (χ1n) is 4.03. The minimum absolute atomic E-state index is 0.362. The Hall–Kier alpha value is -1.42. The van der Waals surface area contributed by atoms with E-state index >= 15 is 0 Å². The molecule has 1 atom stereocenters. The lowest BCUT2D eigenvalue weighted by Gasteiger charge is -2.02. The zero-order chi connectivity index (χ0) is 10.1. The normalized spacial score (nSPS) is 18.5. The lowest BCUT2D eigenvalue weighted by atomic mass is 10.1. The van der Waals surface area contributed by atoms with Crippen molar-refractivity contribution in [1.29, 1.82) is 0 Å². The van der Waals surface area contributed by atoms with Gasteiger partial charge < -0.3 is 4.74 Å². The van der Waals surface area contributed by atoms with Gasteiger partial charge in [0.15, 0.2) is 6.10 Å². The van der Waals surface area contributed by atoms with Gasteiger partial charge in [-0.2, -0.15) is 0 Å². The molecular formula is C9H6ClNO3. The molecule has 0 spiro atoms. The first kappa shape index (κ1) is 9.15. The van der Waals surface area contributed by atoms with Crippen LogP contribution < -0.4 is 4.74 Å². The molecule has 4 nitrogen and oxygen atoms in total. The van der Waals surface area contributed by atoms with Gasteiger partial charge in [0.1, 0.15) is 5.75 Å². The van der Waals surface area contributed by atoms with Crippen molar-refractivity contribution in [3.05, 3.63) is 33.7 Å². The number of hydrogen-bond donors (Lipinski definition) is 0. The topological polar surface area (TPSA) is 55.7 Å². The van der Waals surface area contributed by atoms with Crippen molar-refractivity contribution in [2.45, 2.75) is 12.5 Å². The van der Waals surface area contributed by atoms with Crippen LogP contribution in [0, 0.1) is 4.91 Å². The highest BCUT2D eigenvalue weighted by atomic mass is 35.5. The van der Waals surface area contributed by atoms with Crippen LogP contribution in [0.5, 0.6) is 5.75 Å². The van der Waals surface area contributed by atoms with Gasteiger partial charge in [-0.3, -0.25) is 4.79 Å². The highest BCUT2D eigenvalue weighted by Crippen LogP contribution is 2.31. The number of fused-ring (bicyclic) bond motifs is 1. The van der Waals surface area contributed by atoms with E-state index in [0.29, 0.717) is 17.2 Å². The van der Waals surface area contributed by atoms with E-state index in [4.69, 9.17) is 16.3 Å². The summed E-state index contributed by atoms with van der Waals surface area (Å²) in [5.41, 5.74) is 0.833. The Morgan fingerprint density at radius 3 is 3.07 bits per heavy atom. The third kappa shape index (κ3) is 1.48. The largest absolute Gasteiger partial charge is 0.480 e.